The lowest BCUT2D eigenvalue weighted by atomic mass is 10.2. The molecule has 0 aliphatic rings. The highest BCUT2D eigenvalue weighted by molar-refractivity contribution is 7.91. The molecular formula is C11H13NO3S. The predicted octanol–water partition coefficient (Wildman–Crippen LogP) is 1.37. The molecule has 0 saturated heterocycles. The molecule has 0 radical (unpaired) electrons. The molecule has 86 valence electrons. The normalized spacial score (nSPS) is 11.0. The first kappa shape index (κ1) is 12.7. The van der Waals surface area contributed by atoms with Crippen LogP contribution in [0.3, 0.4) is 0 Å². The van der Waals surface area contributed by atoms with Crippen LogP contribution in [0.25, 0.3) is 0 Å². The van der Waals surface area contributed by atoms with Gasteiger partial charge in [-0.05, 0) is 25.1 Å². The third-order valence-electron chi connectivity index (χ3n) is 2.02. The molecule has 0 aliphatic heterocycles. The average Bonchev–Trinajstić information content (AvgIpc) is 2.29. The van der Waals surface area contributed by atoms with E-state index in [1.54, 1.807) is 12.1 Å². The van der Waals surface area contributed by atoms with Crippen LogP contribution in [0.15, 0.2) is 29.2 Å². The highest BCUT2D eigenvalue weighted by Gasteiger charge is 2.14. The van der Waals surface area contributed by atoms with Gasteiger partial charge in [-0.3, -0.25) is 0 Å². The Morgan fingerprint density at radius 2 is 2.19 bits per heavy atom. The molecule has 0 heterocycles. The first-order chi connectivity index (χ1) is 7.60. The molecule has 1 aromatic carbocycles. The highest BCUT2D eigenvalue weighted by Crippen LogP contribution is 2.12. The largest absolute Gasteiger partial charge is 0.381 e. The van der Waals surface area contributed by atoms with Gasteiger partial charge >= 0.3 is 0 Å². The Morgan fingerprint density at radius 3 is 2.81 bits per heavy atom. The van der Waals surface area contributed by atoms with E-state index in [1.807, 2.05) is 13.0 Å². The summed E-state index contributed by atoms with van der Waals surface area (Å²) in [4.78, 5) is 0.172. The van der Waals surface area contributed by atoms with Gasteiger partial charge in [0.2, 0.25) is 0 Å². The molecule has 1 rings (SSSR count). The minimum atomic E-state index is -3.34. The van der Waals surface area contributed by atoms with Crippen LogP contribution in [-0.4, -0.2) is 27.4 Å². The van der Waals surface area contributed by atoms with Gasteiger partial charge in [-0.15, -0.1) is 0 Å². The lowest BCUT2D eigenvalue weighted by Gasteiger charge is -2.04. The van der Waals surface area contributed by atoms with Crippen LogP contribution in [0.5, 0.6) is 0 Å². The van der Waals surface area contributed by atoms with Crippen molar-refractivity contribution in [3.63, 3.8) is 0 Å². The number of sulfone groups is 1. The number of rotatable bonds is 5. The van der Waals surface area contributed by atoms with Crippen LogP contribution in [0.2, 0.25) is 0 Å². The van der Waals surface area contributed by atoms with E-state index in [1.165, 1.54) is 12.1 Å². The maximum Gasteiger partial charge on any atom is 0.180 e. The zero-order valence-corrected chi connectivity index (χ0v) is 9.83. The van der Waals surface area contributed by atoms with E-state index in [4.69, 9.17) is 10.00 Å². The van der Waals surface area contributed by atoms with Gasteiger partial charge in [-0.25, -0.2) is 8.42 Å². The molecule has 0 aliphatic carbocycles. The summed E-state index contributed by atoms with van der Waals surface area (Å²) in [5.74, 6) is -0.0598. The highest BCUT2D eigenvalue weighted by atomic mass is 32.2. The van der Waals surface area contributed by atoms with E-state index in [0.717, 1.165) is 0 Å². The Hall–Kier alpha value is -1.38. The average molecular weight is 239 g/mol. The molecule has 0 N–H and O–H groups in total. The Bertz CT molecular complexity index is 488. The van der Waals surface area contributed by atoms with Crippen molar-refractivity contribution in [2.24, 2.45) is 0 Å². The lowest BCUT2D eigenvalue weighted by molar-refractivity contribution is 0.163. The van der Waals surface area contributed by atoms with E-state index in [0.29, 0.717) is 12.2 Å². The Morgan fingerprint density at radius 1 is 1.44 bits per heavy atom. The molecule has 0 spiro atoms. The molecule has 4 nitrogen and oxygen atoms in total. The second kappa shape index (κ2) is 5.64. The van der Waals surface area contributed by atoms with Crippen molar-refractivity contribution in [3.8, 4) is 6.07 Å². The van der Waals surface area contributed by atoms with Gasteiger partial charge in [0.15, 0.2) is 9.84 Å². The van der Waals surface area contributed by atoms with Crippen LogP contribution in [0.4, 0.5) is 0 Å². The summed E-state index contributed by atoms with van der Waals surface area (Å²) in [6.45, 7) is 2.48. The first-order valence-electron chi connectivity index (χ1n) is 4.91. The van der Waals surface area contributed by atoms with Crippen LogP contribution in [0, 0.1) is 11.3 Å². The number of ether oxygens (including phenoxy) is 1. The molecule has 0 atom stereocenters. The van der Waals surface area contributed by atoms with Crippen LogP contribution >= 0.6 is 0 Å². The molecule has 0 amide bonds. The van der Waals surface area contributed by atoms with Crippen LogP contribution in [-0.2, 0) is 14.6 Å². The number of nitriles is 1. The number of hydrogen-bond donors (Lipinski definition) is 0. The summed E-state index contributed by atoms with van der Waals surface area (Å²) >= 11 is 0. The van der Waals surface area contributed by atoms with Gasteiger partial charge in [0.25, 0.3) is 0 Å². The van der Waals surface area contributed by atoms with Crippen LogP contribution < -0.4 is 0 Å². The molecular weight excluding hydrogens is 226 g/mol. The van der Waals surface area contributed by atoms with Gasteiger partial charge in [0.05, 0.1) is 28.9 Å². The second-order valence-corrected chi connectivity index (χ2v) is 5.26. The molecule has 5 heteroatoms. The summed E-state index contributed by atoms with van der Waals surface area (Å²) in [7, 11) is -3.34. The lowest BCUT2D eigenvalue weighted by Crippen LogP contribution is -2.12. The minimum Gasteiger partial charge on any atom is -0.381 e. The van der Waals surface area contributed by atoms with Crippen molar-refractivity contribution >= 4 is 9.84 Å². The van der Waals surface area contributed by atoms with Gasteiger partial charge in [0.1, 0.15) is 0 Å². The minimum absolute atomic E-state index is 0.0598. The number of benzene rings is 1. The molecule has 0 unspecified atom stereocenters. The van der Waals surface area contributed by atoms with E-state index in [9.17, 15) is 8.42 Å². The second-order valence-electron chi connectivity index (χ2n) is 3.16. The summed E-state index contributed by atoms with van der Waals surface area (Å²) in [5.41, 5.74) is 0.345. The van der Waals surface area contributed by atoms with Crippen LogP contribution in [0.1, 0.15) is 12.5 Å². The fourth-order valence-electron chi connectivity index (χ4n) is 1.19. The molecule has 0 fully saturated rings. The molecule has 16 heavy (non-hydrogen) atoms. The zero-order valence-electron chi connectivity index (χ0n) is 9.01. The summed E-state index contributed by atoms with van der Waals surface area (Å²) in [6.07, 6.45) is 0. The SMILES string of the molecule is CCOCCS(=O)(=O)c1cccc(C#N)c1. The fraction of sp³-hybridized carbons (Fsp3) is 0.364. The number of hydrogen-bond acceptors (Lipinski definition) is 4. The fourth-order valence-corrected chi connectivity index (χ4v) is 2.36. The van der Waals surface area contributed by atoms with E-state index < -0.39 is 9.84 Å². The van der Waals surface area contributed by atoms with Gasteiger partial charge in [-0.1, -0.05) is 6.07 Å². The number of nitrogens with zero attached hydrogens (tertiary/aromatic N) is 1. The smallest absolute Gasteiger partial charge is 0.180 e. The molecule has 0 aromatic heterocycles. The molecule has 0 saturated carbocycles. The Labute approximate surface area is 95.4 Å². The van der Waals surface area contributed by atoms with E-state index >= 15 is 0 Å². The summed E-state index contributed by atoms with van der Waals surface area (Å²) in [5, 5.41) is 8.67. The maximum absolute atomic E-state index is 11.8. The van der Waals surface area contributed by atoms with Crippen molar-refractivity contribution < 1.29 is 13.2 Å². The Kier molecular flexibility index (Phi) is 4.47. The standard InChI is InChI=1S/C11H13NO3S/c1-2-15-6-7-16(13,14)11-5-3-4-10(8-11)9-12/h3-5,8H,2,6-7H2,1H3. The van der Waals surface area contributed by atoms with Crippen molar-refractivity contribution in [1.29, 1.82) is 5.26 Å². The van der Waals surface area contributed by atoms with Crippen molar-refractivity contribution in [1.82, 2.24) is 0 Å². The van der Waals surface area contributed by atoms with Crippen molar-refractivity contribution in [2.45, 2.75) is 11.8 Å². The van der Waals surface area contributed by atoms with E-state index in [2.05, 4.69) is 0 Å². The predicted molar refractivity (Wildman–Crippen MR) is 59.7 cm³/mol. The van der Waals surface area contributed by atoms with Gasteiger partial charge in [-0.2, -0.15) is 5.26 Å². The monoisotopic (exact) mass is 239 g/mol. The van der Waals surface area contributed by atoms with E-state index in [-0.39, 0.29) is 17.3 Å². The molecule has 1 aromatic rings. The van der Waals surface area contributed by atoms with Crippen molar-refractivity contribution in [3.05, 3.63) is 29.8 Å². The van der Waals surface area contributed by atoms with Crippen molar-refractivity contribution in [2.75, 3.05) is 19.0 Å². The Balaban J connectivity index is 2.86. The third-order valence-corrected chi connectivity index (χ3v) is 3.70. The quantitative estimate of drug-likeness (QED) is 0.728. The zero-order chi connectivity index (χ0) is 12.0. The van der Waals surface area contributed by atoms with Gasteiger partial charge in [0, 0.05) is 6.61 Å². The first-order valence-corrected chi connectivity index (χ1v) is 6.56. The third kappa shape index (κ3) is 3.33. The topological polar surface area (TPSA) is 67.2 Å². The van der Waals surface area contributed by atoms with Gasteiger partial charge < -0.3 is 4.74 Å². The summed E-state index contributed by atoms with van der Waals surface area (Å²) in [6, 6.07) is 7.91. The maximum atomic E-state index is 11.8. The molecule has 0 bridgehead atoms. The summed E-state index contributed by atoms with van der Waals surface area (Å²) < 4.78 is 28.6.